The van der Waals surface area contributed by atoms with E-state index in [9.17, 15) is 0 Å². The van der Waals surface area contributed by atoms with E-state index in [4.69, 9.17) is 0 Å². The third-order valence-electron chi connectivity index (χ3n) is 4.74. The summed E-state index contributed by atoms with van der Waals surface area (Å²) in [5, 5.41) is 13.7. The minimum absolute atomic E-state index is 0.0524. The van der Waals surface area contributed by atoms with Gasteiger partial charge in [-0.1, -0.05) is 71.6 Å². The molecule has 1 aromatic heterocycles. The Kier molecular flexibility index (Phi) is 8.08. The van der Waals surface area contributed by atoms with Gasteiger partial charge in [-0.15, -0.1) is 10.2 Å². The summed E-state index contributed by atoms with van der Waals surface area (Å²) in [6.07, 6.45) is 10.5. The highest BCUT2D eigenvalue weighted by molar-refractivity contribution is 7.99. The molecule has 1 fully saturated rings. The normalized spacial score (nSPS) is 16.7. The number of aromatic nitrogens is 3. The highest BCUT2D eigenvalue weighted by atomic mass is 32.2. The van der Waals surface area contributed by atoms with Crippen molar-refractivity contribution in [2.45, 2.75) is 95.7 Å². The Balaban J connectivity index is 1.94. The van der Waals surface area contributed by atoms with E-state index in [0.29, 0.717) is 6.04 Å². The van der Waals surface area contributed by atoms with Gasteiger partial charge in [0.2, 0.25) is 0 Å². The average molecular weight is 353 g/mol. The SMILES string of the molecule is CCCCCCCCSc1nnc(C(C)(C)C)n1C1CCNCC1. The number of thioether (sulfide) groups is 1. The van der Waals surface area contributed by atoms with E-state index >= 15 is 0 Å². The van der Waals surface area contributed by atoms with Gasteiger partial charge >= 0.3 is 0 Å². The van der Waals surface area contributed by atoms with Gasteiger partial charge in [-0.05, 0) is 32.4 Å². The van der Waals surface area contributed by atoms with Crippen molar-refractivity contribution < 1.29 is 0 Å². The number of unbranched alkanes of at least 4 members (excludes halogenated alkanes) is 5. The second kappa shape index (κ2) is 9.81. The fourth-order valence-electron chi connectivity index (χ4n) is 3.33. The van der Waals surface area contributed by atoms with Crippen molar-refractivity contribution in [1.82, 2.24) is 20.1 Å². The molecule has 2 rings (SSSR count). The number of piperidine rings is 1. The van der Waals surface area contributed by atoms with Gasteiger partial charge in [0.25, 0.3) is 0 Å². The minimum atomic E-state index is 0.0524. The topological polar surface area (TPSA) is 42.7 Å². The van der Waals surface area contributed by atoms with Crippen LogP contribution >= 0.6 is 11.8 Å². The molecule has 1 saturated heterocycles. The second-order valence-electron chi connectivity index (χ2n) is 8.02. The molecule has 0 radical (unpaired) electrons. The standard InChI is InChI=1S/C19H36N4S/c1-5-6-7-8-9-10-15-24-18-22-21-17(19(2,3)4)23(18)16-11-13-20-14-12-16/h16,20H,5-15H2,1-4H3. The third-order valence-corrected chi connectivity index (χ3v) is 5.77. The van der Waals surface area contributed by atoms with Gasteiger partial charge in [0.1, 0.15) is 5.82 Å². The van der Waals surface area contributed by atoms with Gasteiger partial charge in [-0.25, -0.2) is 0 Å². The third kappa shape index (κ3) is 5.76. The first-order chi connectivity index (χ1) is 11.5. The summed E-state index contributed by atoms with van der Waals surface area (Å²) in [7, 11) is 0. The molecule has 0 unspecified atom stereocenters. The summed E-state index contributed by atoms with van der Waals surface area (Å²) < 4.78 is 2.46. The van der Waals surface area contributed by atoms with Crippen LogP contribution in [-0.2, 0) is 5.41 Å². The van der Waals surface area contributed by atoms with Crippen LogP contribution in [0.5, 0.6) is 0 Å². The fraction of sp³-hybridized carbons (Fsp3) is 0.895. The van der Waals surface area contributed by atoms with Gasteiger partial charge in [0.05, 0.1) is 0 Å². The van der Waals surface area contributed by atoms with Crippen molar-refractivity contribution in [3.8, 4) is 0 Å². The maximum Gasteiger partial charge on any atom is 0.191 e. The van der Waals surface area contributed by atoms with Crippen LogP contribution in [0.2, 0.25) is 0 Å². The summed E-state index contributed by atoms with van der Waals surface area (Å²) in [4.78, 5) is 0. The minimum Gasteiger partial charge on any atom is -0.317 e. The highest BCUT2D eigenvalue weighted by Gasteiger charge is 2.28. The van der Waals surface area contributed by atoms with E-state index in [-0.39, 0.29) is 5.41 Å². The molecule has 24 heavy (non-hydrogen) atoms. The molecular formula is C19H36N4S. The molecule has 0 aliphatic carbocycles. The second-order valence-corrected chi connectivity index (χ2v) is 9.09. The monoisotopic (exact) mass is 352 g/mol. The summed E-state index contributed by atoms with van der Waals surface area (Å²) >= 11 is 1.91. The van der Waals surface area contributed by atoms with E-state index in [2.05, 4.69) is 47.8 Å². The molecule has 2 heterocycles. The molecule has 0 atom stereocenters. The number of nitrogens with zero attached hydrogens (tertiary/aromatic N) is 3. The summed E-state index contributed by atoms with van der Waals surface area (Å²) in [6, 6.07) is 0.558. The van der Waals surface area contributed by atoms with E-state index in [0.717, 1.165) is 24.1 Å². The first-order valence-electron chi connectivity index (χ1n) is 9.83. The molecule has 0 spiro atoms. The Labute approximate surface area is 152 Å². The van der Waals surface area contributed by atoms with Crippen LogP contribution in [-0.4, -0.2) is 33.6 Å². The molecule has 1 aliphatic rings. The van der Waals surface area contributed by atoms with E-state index in [1.807, 2.05) is 11.8 Å². The lowest BCUT2D eigenvalue weighted by Gasteiger charge is -2.29. The predicted molar refractivity (Wildman–Crippen MR) is 104 cm³/mol. The van der Waals surface area contributed by atoms with Gasteiger partial charge in [-0.2, -0.15) is 0 Å². The van der Waals surface area contributed by atoms with Crippen LogP contribution < -0.4 is 5.32 Å². The van der Waals surface area contributed by atoms with Crippen molar-refractivity contribution in [3.05, 3.63) is 5.82 Å². The van der Waals surface area contributed by atoms with Crippen LogP contribution in [0.25, 0.3) is 0 Å². The molecule has 0 saturated carbocycles. The quantitative estimate of drug-likeness (QED) is 0.504. The Bertz CT molecular complexity index is 472. The van der Waals surface area contributed by atoms with Crippen LogP contribution in [0.1, 0.15) is 90.9 Å². The zero-order chi connectivity index (χ0) is 17.4. The first kappa shape index (κ1) is 19.8. The van der Waals surface area contributed by atoms with Crippen molar-refractivity contribution in [2.75, 3.05) is 18.8 Å². The van der Waals surface area contributed by atoms with Crippen LogP contribution in [0.3, 0.4) is 0 Å². The lowest BCUT2D eigenvalue weighted by molar-refractivity contribution is 0.327. The van der Waals surface area contributed by atoms with Crippen molar-refractivity contribution >= 4 is 11.8 Å². The Hall–Kier alpha value is -0.550. The summed E-state index contributed by atoms with van der Waals surface area (Å²) in [5.74, 6) is 2.32. The van der Waals surface area contributed by atoms with Crippen molar-refractivity contribution in [2.24, 2.45) is 0 Å². The predicted octanol–water partition coefficient (Wildman–Crippen LogP) is 4.95. The average Bonchev–Trinajstić information content (AvgIpc) is 2.99. The maximum atomic E-state index is 4.57. The number of hydrogen-bond acceptors (Lipinski definition) is 4. The number of nitrogens with one attached hydrogen (secondary N) is 1. The lowest BCUT2D eigenvalue weighted by atomic mass is 9.94. The molecule has 1 aromatic rings. The molecule has 0 bridgehead atoms. The number of hydrogen-bond donors (Lipinski definition) is 1. The molecule has 4 nitrogen and oxygen atoms in total. The van der Waals surface area contributed by atoms with Gasteiger partial charge in [-0.3, -0.25) is 0 Å². The molecule has 0 aromatic carbocycles. The van der Waals surface area contributed by atoms with Gasteiger partial charge in [0, 0.05) is 17.2 Å². The van der Waals surface area contributed by atoms with Gasteiger partial charge < -0.3 is 9.88 Å². The van der Waals surface area contributed by atoms with Crippen molar-refractivity contribution in [3.63, 3.8) is 0 Å². The Morgan fingerprint density at radius 2 is 1.71 bits per heavy atom. The van der Waals surface area contributed by atoms with Gasteiger partial charge in [0.15, 0.2) is 5.16 Å². The van der Waals surface area contributed by atoms with E-state index < -0.39 is 0 Å². The molecule has 1 N–H and O–H groups in total. The Morgan fingerprint density at radius 1 is 1.04 bits per heavy atom. The first-order valence-corrected chi connectivity index (χ1v) is 10.8. The van der Waals surface area contributed by atoms with E-state index in [1.165, 1.54) is 57.1 Å². The van der Waals surface area contributed by atoms with E-state index in [1.54, 1.807) is 0 Å². The molecular weight excluding hydrogens is 316 g/mol. The number of rotatable bonds is 9. The fourth-order valence-corrected chi connectivity index (χ4v) is 4.33. The molecule has 1 aliphatic heterocycles. The van der Waals surface area contributed by atoms with Crippen LogP contribution in [0.15, 0.2) is 5.16 Å². The zero-order valence-electron chi connectivity index (χ0n) is 16.1. The molecule has 0 amide bonds. The Morgan fingerprint density at radius 3 is 2.38 bits per heavy atom. The highest BCUT2D eigenvalue weighted by Crippen LogP contribution is 2.32. The smallest absolute Gasteiger partial charge is 0.191 e. The lowest BCUT2D eigenvalue weighted by Crippen LogP contribution is -2.32. The molecule has 5 heteroatoms. The summed E-state index contributed by atoms with van der Waals surface area (Å²) in [5.41, 5.74) is 0.0524. The van der Waals surface area contributed by atoms with Crippen LogP contribution in [0, 0.1) is 0 Å². The van der Waals surface area contributed by atoms with Crippen LogP contribution in [0.4, 0.5) is 0 Å². The maximum absolute atomic E-state index is 4.57. The zero-order valence-corrected chi connectivity index (χ0v) is 16.9. The largest absolute Gasteiger partial charge is 0.317 e. The molecule has 138 valence electrons. The summed E-state index contributed by atoms with van der Waals surface area (Å²) in [6.45, 7) is 11.2. The van der Waals surface area contributed by atoms with Crippen molar-refractivity contribution in [1.29, 1.82) is 0 Å².